The number of hydrogen-bond acceptors (Lipinski definition) is 4. The number of nitrogens with one attached hydrogen (secondary N) is 1. The van der Waals surface area contributed by atoms with Crippen molar-refractivity contribution in [3.63, 3.8) is 0 Å². The van der Waals surface area contributed by atoms with Crippen LogP contribution in [0.3, 0.4) is 0 Å². The van der Waals surface area contributed by atoms with Crippen molar-refractivity contribution in [2.24, 2.45) is 7.05 Å². The van der Waals surface area contributed by atoms with E-state index >= 15 is 0 Å². The minimum absolute atomic E-state index is 0.0627. The van der Waals surface area contributed by atoms with Gasteiger partial charge in [-0.3, -0.25) is 4.79 Å². The van der Waals surface area contributed by atoms with Gasteiger partial charge in [0.1, 0.15) is 11.4 Å². The van der Waals surface area contributed by atoms with Gasteiger partial charge in [-0.15, -0.1) is 0 Å². The molecule has 1 aromatic heterocycles. The molecule has 23 heavy (non-hydrogen) atoms. The van der Waals surface area contributed by atoms with Crippen LogP contribution in [-0.4, -0.2) is 29.7 Å². The van der Waals surface area contributed by atoms with Crippen LogP contribution in [-0.2, 0) is 16.6 Å². The summed E-state index contributed by atoms with van der Waals surface area (Å²) in [6, 6.07) is 8.93. The second-order valence-electron chi connectivity index (χ2n) is 4.50. The average Bonchev–Trinajstić information content (AvgIpc) is 2.92. The molecule has 2 rings (SSSR count). The van der Waals surface area contributed by atoms with Crippen LogP contribution in [0.25, 0.3) is 0 Å². The molecule has 6 nitrogen and oxygen atoms in total. The molecule has 0 atom stereocenters. The van der Waals surface area contributed by atoms with Gasteiger partial charge in [-0.2, -0.15) is 8.78 Å². The molecule has 2 aromatic rings. The highest BCUT2D eigenvalue weighted by atomic mass is 19.3. The maximum absolute atomic E-state index is 12.3. The summed E-state index contributed by atoms with van der Waals surface area (Å²) < 4.78 is 35.3. The standard InChI is InChI=1S/C15H14F2N2O4/c1-19-8-4-6-11(19)14(21)22-9-13(20)18-10-5-2-3-7-12(10)23-15(16)17/h2-8,15H,9H2,1H3,(H,18,20). The van der Waals surface area contributed by atoms with Gasteiger partial charge < -0.3 is 19.4 Å². The largest absolute Gasteiger partial charge is 0.451 e. The lowest BCUT2D eigenvalue weighted by Crippen LogP contribution is -2.22. The number of nitrogens with zero attached hydrogens (tertiary/aromatic N) is 1. The van der Waals surface area contributed by atoms with Crippen LogP contribution >= 0.6 is 0 Å². The molecular weight excluding hydrogens is 310 g/mol. The summed E-state index contributed by atoms with van der Waals surface area (Å²) in [7, 11) is 1.66. The van der Waals surface area contributed by atoms with Crippen molar-refractivity contribution in [1.29, 1.82) is 0 Å². The number of alkyl halides is 2. The third-order valence-electron chi connectivity index (χ3n) is 2.86. The number of halogens is 2. The Bertz CT molecular complexity index is 700. The van der Waals surface area contributed by atoms with Crippen LogP contribution in [0.1, 0.15) is 10.5 Å². The molecule has 0 bridgehead atoms. The number of ether oxygens (including phenoxy) is 2. The van der Waals surface area contributed by atoms with Crippen LogP contribution in [0.2, 0.25) is 0 Å². The summed E-state index contributed by atoms with van der Waals surface area (Å²) in [6.45, 7) is -3.56. The predicted octanol–water partition coefficient (Wildman–Crippen LogP) is 2.42. The first kappa shape index (κ1) is 16.5. The SMILES string of the molecule is Cn1cccc1C(=O)OCC(=O)Nc1ccccc1OC(F)F. The van der Waals surface area contributed by atoms with Gasteiger partial charge in [0.05, 0.1) is 5.69 Å². The normalized spacial score (nSPS) is 10.4. The van der Waals surface area contributed by atoms with E-state index in [2.05, 4.69) is 10.1 Å². The summed E-state index contributed by atoms with van der Waals surface area (Å²) in [5.41, 5.74) is 0.354. The highest BCUT2D eigenvalue weighted by molar-refractivity contribution is 5.95. The zero-order chi connectivity index (χ0) is 16.8. The van der Waals surface area contributed by atoms with E-state index in [1.807, 2.05) is 0 Å². The van der Waals surface area contributed by atoms with Crippen LogP contribution < -0.4 is 10.1 Å². The van der Waals surface area contributed by atoms with Crippen LogP contribution in [0.5, 0.6) is 5.75 Å². The molecule has 122 valence electrons. The van der Waals surface area contributed by atoms with E-state index in [9.17, 15) is 18.4 Å². The second-order valence-corrected chi connectivity index (χ2v) is 4.50. The summed E-state index contributed by atoms with van der Waals surface area (Å²) >= 11 is 0. The highest BCUT2D eigenvalue weighted by Gasteiger charge is 2.15. The fraction of sp³-hybridized carbons (Fsp3) is 0.200. The molecule has 1 amide bonds. The van der Waals surface area contributed by atoms with E-state index in [1.165, 1.54) is 18.2 Å². The molecule has 1 heterocycles. The lowest BCUT2D eigenvalue weighted by atomic mass is 10.3. The number of para-hydroxylation sites is 2. The number of carbonyl (C=O) groups excluding carboxylic acids is 2. The maximum Gasteiger partial charge on any atom is 0.387 e. The van der Waals surface area contributed by atoms with Crippen molar-refractivity contribution >= 4 is 17.6 Å². The highest BCUT2D eigenvalue weighted by Crippen LogP contribution is 2.25. The summed E-state index contributed by atoms with van der Waals surface area (Å²) in [4.78, 5) is 23.5. The third-order valence-corrected chi connectivity index (χ3v) is 2.86. The molecule has 0 saturated heterocycles. The molecule has 0 aliphatic rings. The zero-order valence-electron chi connectivity index (χ0n) is 12.2. The Balaban J connectivity index is 1.93. The van der Waals surface area contributed by atoms with Crippen LogP contribution in [0.4, 0.5) is 14.5 Å². The lowest BCUT2D eigenvalue weighted by Gasteiger charge is -2.11. The van der Waals surface area contributed by atoms with Gasteiger partial charge in [0, 0.05) is 13.2 Å². The molecular formula is C15H14F2N2O4. The topological polar surface area (TPSA) is 69.6 Å². The van der Waals surface area contributed by atoms with Gasteiger partial charge in [0.15, 0.2) is 6.61 Å². The quantitative estimate of drug-likeness (QED) is 0.829. The number of hydrogen-bond donors (Lipinski definition) is 1. The molecule has 0 fully saturated rings. The first-order valence-electron chi connectivity index (χ1n) is 6.59. The van der Waals surface area contributed by atoms with Gasteiger partial charge in [0.25, 0.3) is 5.91 Å². The van der Waals surface area contributed by atoms with E-state index in [0.29, 0.717) is 5.69 Å². The van der Waals surface area contributed by atoms with Crippen molar-refractivity contribution in [2.75, 3.05) is 11.9 Å². The summed E-state index contributed by atoms with van der Waals surface area (Å²) in [5, 5.41) is 2.35. The number of benzene rings is 1. The molecule has 0 unspecified atom stereocenters. The van der Waals surface area contributed by atoms with Crippen molar-refractivity contribution in [2.45, 2.75) is 6.61 Å². The fourth-order valence-electron chi connectivity index (χ4n) is 1.83. The number of amides is 1. The monoisotopic (exact) mass is 324 g/mol. The Hall–Kier alpha value is -2.90. The fourth-order valence-corrected chi connectivity index (χ4v) is 1.83. The molecule has 0 spiro atoms. The first-order chi connectivity index (χ1) is 11.0. The number of esters is 1. The molecule has 0 aliphatic carbocycles. The lowest BCUT2D eigenvalue weighted by molar-refractivity contribution is -0.119. The number of rotatable bonds is 6. The Morgan fingerprint density at radius 2 is 1.96 bits per heavy atom. The van der Waals surface area contributed by atoms with Gasteiger partial charge in [-0.25, -0.2) is 4.79 Å². The molecule has 1 N–H and O–H groups in total. The number of anilines is 1. The first-order valence-corrected chi connectivity index (χ1v) is 6.59. The minimum atomic E-state index is -3.01. The Labute approximate surface area is 130 Å². The zero-order valence-corrected chi connectivity index (χ0v) is 12.2. The number of aromatic nitrogens is 1. The van der Waals surface area contributed by atoms with E-state index in [0.717, 1.165) is 0 Å². The Morgan fingerprint density at radius 1 is 1.22 bits per heavy atom. The number of carbonyl (C=O) groups is 2. The summed E-state index contributed by atoms with van der Waals surface area (Å²) in [5.74, 6) is -1.51. The Morgan fingerprint density at radius 3 is 2.61 bits per heavy atom. The number of aryl methyl sites for hydroxylation is 1. The summed E-state index contributed by atoms with van der Waals surface area (Å²) in [6.07, 6.45) is 1.66. The molecule has 0 saturated carbocycles. The molecule has 0 aliphatic heterocycles. The molecule has 8 heteroatoms. The minimum Gasteiger partial charge on any atom is -0.451 e. The molecule has 1 aromatic carbocycles. The van der Waals surface area contributed by atoms with Crippen LogP contribution in [0, 0.1) is 0 Å². The van der Waals surface area contributed by atoms with Crippen molar-refractivity contribution in [1.82, 2.24) is 4.57 Å². The predicted molar refractivity (Wildman–Crippen MR) is 77.4 cm³/mol. The van der Waals surface area contributed by atoms with E-state index in [1.54, 1.807) is 36.0 Å². The van der Waals surface area contributed by atoms with Crippen molar-refractivity contribution in [3.05, 3.63) is 48.3 Å². The van der Waals surface area contributed by atoms with E-state index in [-0.39, 0.29) is 11.4 Å². The van der Waals surface area contributed by atoms with Gasteiger partial charge >= 0.3 is 12.6 Å². The molecule has 0 radical (unpaired) electrons. The van der Waals surface area contributed by atoms with Crippen molar-refractivity contribution < 1.29 is 27.8 Å². The van der Waals surface area contributed by atoms with E-state index < -0.39 is 25.1 Å². The Kier molecular flexibility index (Phi) is 5.29. The van der Waals surface area contributed by atoms with Gasteiger partial charge in [0.2, 0.25) is 0 Å². The van der Waals surface area contributed by atoms with Gasteiger partial charge in [-0.05, 0) is 24.3 Å². The van der Waals surface area contributed by atoms with E-state index in [4.69, 9.17) is 4.74 Å². The van der Waals surface area contributed by atoms with Crippen molar-refractivity contribution in [3.8, 4) is 5.75 Å². The average molecular weight is 324 g/mol. The van der Waals surface area contributed by atoms with Gasteiger partial charge in [-0.1, -0.05) is 12.1 Å². The smallest absolute Gasteiger partial charge is 0.387 e. The third kappa shape index (κ3) is 4.53. The maximum atomic E-state index is 12.3. The second kappa shape index (κ2) is 7.39. The van der Waals surface area contributed by atoms with Crippen LogP contribution in [0.15, 0.2) is 42.6 Å².